The summed E-state index contributed by atoms with van der Waals surface area (Å²) < 4.78 is 0. The van der Waals surface area contributed by atoms with Crippen LogP contribution < -0.4 is 16.0 Å². The molecular weight excluding hydrogens is 190 g/mol. The summed E-state index contributed by atoms with van der Waals surface area (Å²) in [5.41, 5.74) is 0. The number of piperazine rings is 1. The first-order chi connectivity index (χ1) is 7.25. The summed E-state index contributed by atoms with van der Waals surface area (Å²) in [4.78, 5) is 11.8. The van der Waals surface area contributed by atoms with Gasteiger partial charge >= 0.3 is 0 Å². The minimum atomic E-state index is -0.0327. The van der Waals surface area contributed by atoms with Crippen molar-refractivity contribution in [3.8, 4) is 0 Å². The SMILES string of the molecule is CC1CCC(NC(=O)C2CNCCN2)C1. The van der Waals surface area contributed by atoms with Crippen LogP contribution in [0.15, 0.2) is 0 Å². The highest BCUT2D eigenvalue weighted by Crippen LogP contribution is 2.24. The monoisotopic (exact) mass is 211 g/mol. The highest BCUT2D eigenvalue weighted by atomic mass is 16.2. The van der Waals surface area contributed by atoms with E-state index < -0.39 is 0 Å². The van der Waals surface area contributed by atoms with E-state index in [9.17, 15) is 4.79 Å². The van der Waals surface area contributed by atoms with E-state index >= 15 is 0 Å². The Morgan fingerprint density at radius 2 is 2.20 bits per heavy atom. The Kier molecular flexibility index (Phi) is 3.59. The smallest absolute Gasteiger partial charge is 0.238 e. The second-order valence-corrected chi connectivity index (χ2v) is 4.83. The van der Waals surface area contributed by atoms with E-state index in [2.05, 4.69) is 22.9 Å². The number of hydrogen-bond donors (Lipinski definition) is 3. The normalized spacial score (nSPS) is 36.5. The van der Waals surface area contributed by atoms with Crippen molar-refractivity contribution in [3.05, 3.63) is 0 Å². The molecule has 1 saturated carbocycles. The molecule has 0 aromatic rings. The number of carbonyl (C=O) groups is 1. The highest BCUT2D eigenvalue weighted by molar-refractivity contribution is 5.82. The average molecular weight is 211 g/mol. The maximum absolute atomic E-state index is 11.8. The van der Waals surface area contributed by atoms with Gasteiger partial charge in [0.25, 0.3) is 0 Å². The molecule has 1 aliphatic heterocycles. The van der Waals surface area contributed by atoms with Crippen LogP contribution in [0.3, 0.4) is 0 Å². The molecule has 1 saturated heterocycles. The predicted molar refractivity (Wildman–Crippen MR) is 59.6 cm³/mol. The summed E-state index contributed by atoms with van der Waals surface area (Å²) in [6, 6.07) is 0.380. The molecule has 1 amide bonds. The van der Waals surface area contributed by atoms with Gasteiger partial charge in [0.1, 0.15) is 0 Å². The molecule has 1 heterocycles. The fraction of sp³-hybridized carbons (Fsp3) is 0.909. The lowest BCUT2D eigenvalue weighted by Crippen LogP contribution is -2.56. The first kappa shape index (κ1) is 10.9. The first-order valence-corrected chi connectivity index (χ1v) is 6.00. The van der Waals surface area contributed by atoms with Gasteiger partial charge in [0, 0.05) is 25.7 Å². The standard InChI is InChI=1S/C11H21N3O/c1-8-2-3-9(6-8)14-11(15)10-7-12-4-5-13-10/h8-10,12-13H,2-7H2,1H3,(H,14,15). The lowest BCUT2D eigenvalue weighted by Gasteiger charge is -2.25. The zero-order chi connectivity index (χ0) is 10.7. The van der Waals surface area contributed by atoms with Crippen LogP contribution in [0.4, 0.5) is 0 Å². The number of rotatable bonds is 2. The molecule has 3 atom stereocenters. The lowest BCUT2D eigenvalue weighted by atomic mass is 10.1. The van der Waals surface area contributed by atoms with Crippen molar-refractivity contribution in [2.75, 3.05) is 19.6 Å². The van der Waals surface area contributed by atoms with Crippen molar-refractivity contribution in [2.24, 2.45) is 5.92 Å². The zero-order valence-electron chi connectivity index (χ0n) is 9.38. The fourth-order valence-corrected chi connectivity index (χ4v) is 2.48. The molecule has 0 bridgehead atoms. The van der Waals surface area contributed by atoms with Crippen molar-refractivity contribution in [3.63, 3.8) is 0 Å². The second-order valence-electron chi connectivity index (χ2n) is 4.83. The number of carbonyl (C=O) groups excluding carboxylic acids is 1. The molecule has 2 aliphatic rings. The Hall–Kier alpha value is -0.610. The Balaban J connectivity index is 1.76. The summed E-state index contributed by atoms with van der Waals surface area (Å²) in [6.45, 7) is 4.87. The van der Waals surface area contributed by atoms with Gasteiger partial charge in [-0.2, -0.15) is 0 Å². The summed E-state index contributed by atoms with van der Waals surface area (Å²) in [6.07, 6.45) is 3.54. The van der Waals surface area contributed by atoms with Gasteiger partial charge in [-0.25, -0.2) is 0 Å². The first-order valence-electron chi connectivity index (χ1n) is 6.00. The summed E-state index contributed by atoms with van der Waals surface area (Å²) in [7, 11) is 0. The Morgan fingerprint density at radius 3 is 2.80 bits per heavy atom. The Morgan fingerprint density at radius 1 is 1.33 bits per heavy atom. The van der Waals surface area contributed by atoms with Crippen LogP contribution in [0, 0.1) is 5.92 Å². The number of nitrogens with one attached hydrogen (secondary N) is 3. The van der Waals surface area contributed by atoms with E-state index in [-0.39, 0.29) is 11.9 Å². The molecule has 86 valence electrons. The topological polar surface area (TPSA) is 53.2 Å². The molecule has 2 rings (SSSR count). The van der Waals surface area contributed by atoms with Gasteiger partial charge < -0.3 is 16.0 Å². The third kappa shape index (κ3) is 2.92. The van der Waals surface area contributed by atoms with Gasteiger partial charge in [-0.15, -0.1) is 0 Å². The minimum absolute atomic E-state index is 0.0327. The van der Waals surface area contributed by atoms with E-state index in [0.29, 0.717) is 6.04 Å². The van der Waals surface area contributed by atoms with Crippen LogP contribution in [0.1, 0.15) is 26.2 Å². The van der Waals surface area contributed by atoms with Crippen molar-refractivity contribution < 1.29 is 4.79 Å². The Labute approximate surface area is 91.2 Å². The molecule has 2 fully saturated rings. The molecular formula is C11H21N3O. The van der Waals surface area contributed by atoms with Gasteiger partial charge in [0.2, 0.25) is 5.91 Å². The van der Waals surface area contributed by atoms with E-state index in [1.54, 1.807) is 0 Å². The van der Waals surface area contributed by atoms with E-state index in [1.165, 1.54) is 6.42 Å². The summed E-state index contributed by atoms with van der Waals surface area (Å²) in [5.74, 6) is 0.939. The molecule has 3 N–H and O–H groups in total. The van der Waals surface area contributed by atoms with E-state index in [0.717, 1.165) is 38.4 Å². The molecule has 3 unspecified atom stereocenters. The number of amides is 1. The largest absolute Gasteiger partial charge is 0.352 e. The van der Waals surface area contributed by atoms with Gasteiger partial charge in [-0.05, 0) is 25.2 Å². The summed E-state index contributed by atoms with van der Waals surface area (Å²) >= 11 is 0. The molecule has 0 radical (unpaired) electrons. The molecule has 1 aliphatic carbocycles. The van der Waals surface area contributed by atoms with Crippen molar-refractivity contribution in [1.82, 2.24) is 16.0 Å². The van der Waals surface area contributed by atoms with Gasteiger partial charge in [0.05, 0.1) is 6.04 Å². The zero-order valence-corrected chi connectivity index (χ0v) is 9.38. The van der Waals surface area contributed by atoms with Crippen LogP contribution >= 0.6 is 0 Å². The van der Waals surface area contributed by atoms with Crippen LogP contribution in [-0.2, 0) is 4.79 Å². The predicted octanol–water partition coefficient (Wildman–Crippen LogP) is -0.147. The molecule has 15 heavy (non-hydrogen) atoms. The number of hydrogen-bond acceptors (Lipinski definition) is 3. The third-order valence-corrected chi connectivity index (χ3v) is 3.40. The van der Waals surface area contributed by atoms with Crippen LogP contribution in [0.5, 0.6) is 0 Å². The van der Waals surface area contributed by atoms with E-state index in [4.69, 9.17) is 0 Å². The molecule has 4 nitrogen and oxygen atoms in total. The van der Waals surface area contributed by atoms with Gasteiger partial charge in [-0.1, -0.05) is 6.92 Å². The van der Waals surface area contributed by atoms with Crippen LogP contribution in [-0.4, -0.2) is 37.6 Å². The molecule has 0 aromatic carbocycles. The quantitative estimate of drug-likeness (QED) is 0.595. The van der Waals surface area contributed by atoms with Crippen molar-refractivity contribution in [1.29, 1.82) is 0 Å². The van der Waals surface area contributed by atoms with E-state index in [1.807, 2.05) is 0 Å². The highest BCUT2D eigenvalue weighted by Gasteiger charge is 2.26. The summed E-state index contributed by atoms with van der Waals surface area (Å²) in [5, 5.41) is 9.59. The van der Waals surface area contributed by atoms with Crippen molar-refractivity contribution in [2.45, 2.75) is 38.3 Å². The van der Waals surface area contributed by atoms with Crippen LogP contribution in [0.25, 0.3) is 0 Å². The van der Waals surface area contributed by atoms with Crippen LogP contribution in [0.2, 0.25) is 0 Å². The average Bonchev–Trinajstić information content (AvgIpc) is 2.65. The molecule has 0 aromatic heterocycles. The lowest BCUT2D eigenvalue weighted by molar-refractivity contribution is -0.124. The maximum atomic E-state index is 11.8. The fourth-order valence-electron chi connectivity index (χ4n) is 2.48. The minimum Gasteiger partial charge on any atom is -0.352 e. The van der Waals surface area contributed by atoms with Crippen molar-refractivity contribution >= 4 is 5.91 Å². The van der Waals surface area contributed by atoms with Gasteiger partial charge in [-0.3, -0.25) is 4.79 Å². The molecule has 0 spiro atoms. The Bertz CT molecular complexity index is 226. The third-order valence-electron chi connectivity index (χ3n) is 3.40. The second kappa shape index (κ2) is 4.94. The molecule has 4 heteroatoms. The maximum Gasteiger partial charge on any atom is 0.238 e. The van der Waals surface area contributed by atoms with Gasteiger partial charge in [0.15, 0.2) is 0 Å².